The van der Waals surface area contributed by atoms with E-state index in [0.717, 1.165) is 6.42 Å². The summed E-state index contributed by atoms with van der Waals surface area (Å²) in [4.78, 5) is 4.04. The molecule has 0 saturated heterocycles. The van der Waals surface area contributed by atoms with Crippen molar-refractivity contribution in [3.05, 3.63) is 65.5 Å². The van der Waals surface area contributed by atoms with Gasteiger partial charge >= 0.3 is 0 Å². The van der Waals surface area contributed by atoms with Gasteiger partial charge in [-0.25, -0.2) is 0 Å². The molecule has 2 atom stereocenters. The lowest BCUT2D eigenvalue weighted by molar-refractivity contribution is 0.0523. The third kappa shape index (κ3) is 2.09. The summed E-state index contributed by atoms with van der Waals surface area (Å²) in [6.45, 7) is 0. The van der Waals surface area contributed by atoms with E-state index >= 15 is 0 Å². The van der Waals surface area contributed by atoms with Gasteiger partial charge in [0.05, 0.1) is 17.6 Å². The van der Waals surface area contributed by atoms with E-state index in [1.165, 1.54) is 11.1 Å². The standard InChI is InChI=1S/C17H16N2O/c18-12-17(16(20)15-6-3-9-19-11-15)8-7-13-4-1-2-5-14(13)10-17/h1-6,9,11,16,20H,7-8,10H2. The number of pyridine rings is 1. The summed E-state index contributed by atoms with van der Waals surface area (Å²) in [6.07, 6.45) is 4.62. The predicted molar refractivity (Wildman–Crippen MR) is 75.7 cm³/mol. The Morgan fingerprint density at radius 3 is 2.70 bits per heavy atom. The Hall–Kier alpha value is -2.18. The fourth-order valence-corrected chi connectivity index (χ4v) is 3.01. The van der Waals surface area contributed by atoms with E-state index in [-0.39, 0.29) is 0 Å². The Labute approximate surface area is 118 Å². The summed E-state index contributed by atoms with van der Waals surface area (Å²) >= 11 is 0. The Morgan fingerprint density at radius 1 is 1.20 bits per heavy atom. The largest absolute Gasteiger partial charge is 0.387 e. The van der Waals surface area contributed by atoms with Crippen molar-refractivity contribution in [2.24, 2.45) is 5.41 Å². The van der Waals surface area contributed by atoms with Crippen LogP contribution < -0.4 is 0 Å². The Kier molecular flexibility index (Phi) is 3.25. The second-order valence-electron chi connectivity index (χ2n) is 5.40. The number of hydrogen-bond donors (Lipinski definition) is 1. The van der Waals surface area contributed by atoms with Gasteiger partial charge in [-0.05, 0) is 36.5 Å². The number of benzene rings is 1. The van der Waals surface area contributed by atoms with Crippen LogP contribution in [0, 0.1) is 16.7 Å². The van der Waals surface area contributed by atoms with E-state index in [0.29, 0.717) is 18.4 Å². The van der Waals surface area contributed by atoms with Gasteiger partial charge in [-0.1, -0.05) is 30.3 Å². The van der Waals surface area contributed by atoms with Gasteiger partial charge in [-0.3, -0.25) is 4.98 Å². The molecule has 100 valence electrons. The van der Waals surface area contributed by atoms with Crippen LogP contribution >= 0.6 is 0 Å². The molecule has 2 unspecified atom stereocenters. The van der Waals surface area contributed by atoms with Crippen LogP contribution in [0.1, 0.15) is 29.2 Å². The Morgan fingerprint density at radius 2 is 2.00 bits per heavy atom. The monoisotopic (exact) mass is 264 g/mol. The highest BCUT2D eigenvalue weighted by atomic mass is 16.3. The molecule has 3 nitrogen and oxygen atoms in total. The van der Waals surface area contributed by atoms with Crippen LogP contribution in [0.15, 0.2) is 48.8 Å². The van der Waals surface area contributed by atoms with Gasteiger partial charge in [0.2, 0.25) is 0 Å². The summed E-state index contributed by atoms with van der Waals surface area (Å²) in [7, 11) is 0. The van der Waals surface area contributed by atoms with Crippen LogP contribution in [0.25, 0.3) is 0 Å². The molecule has 1 aliphatic rings. The molecule has 0 radical (unpaired) electrons. The van der Waals surface area contributed by atoms with E-state index in [2.05, 4.69) is 23.2 Å². The lowest BCUT2D eigenvalue weighted by atomic mass is 9.68. The average molecular weight is 264 g/mol. The zero-order valence-corrected chi connectivity index (χ0v) is 11.2. The van der Waals surface area contributed by atoms with Crippen molar-refractivity contribution in [2.75, 3.05) is 0 Å². The molecule has 1 aliphatic carbocycles. The molecule has 0 amide bonds. The third-order valence-corrected chi connectivity index (χ3v) is 4.21. The first-order valence-corrected chi connectivity index (χ1v) is 6.81. The number of aliphatic hydroxyl groups excluding tert-OH is 1. The number of aryl methyl sites for hydroxylation is 1. The Balaban J connectivity index is 1.97. The summed E-state index contributed by atoms with van der Waals surface area (Å²) < 4.78 is 0. The number of aliphatic hydroxyl groups is 1. The first-order valence-electron chi connectivity index (χ1n) is 6.81. The van der Waals surface area contributed by atoms with Gasteiger partial charge in [0.25, 0.3) is 0 Å². The summed E-state index contributed by atoms with van der Waals surface area (Å²) in [5.74, 6) is 0. The SMILES string of the molecule is N#CC1(C(O)c2cccnc2)CCc2ccccc2C1. The van der Waals surface area contributed by atoms with Gasteiger partial charge < -0.3 is 5.11 Å². The molecule has 1 aromatic carbocycles. The molecule has 0 spiro atoms. The van der Waals surface area contributed by atoms with Crippen molar-refractivity contribution in [3.8, 4) is 6.07 Å². The van der Waals surface area contributed by atoms with E-state index < -0.39 is 11.5 Å². The zero-order valence-electron chi connectivity index (χ0n) is 11.2. The van der Waals surface area contributed by atoms with Crippen molar-refractivity contribution < 1.29 is 5.11 Å². The fourth-order valence-electron chi connectivity index (χ4n) is 3.01. The fraction of sp³-hybridized carbons (Fsp3) is 0.294. The van der Waals surface area contributed by atoms with Crippen LogP contribution in [-0.2, 0) is 12.8 Å². The molecule has 0 fully saturated rings. The minimum atomic E-state index is -0.797. The van der Waals surface area contributed by atoms with Crippen LogP contribution in [0.5, 0.6) is 0 Å². The maximum absolute atomic E-state index is 10.7. The minimum absolute atomic E-state index is 0.593. The molecule has 3 rings (SSSR count). The summed E-state index contributed by atoms with van der Waals surface area (Å²) in [6, 6.07) is 14.2. The second-order valence-corrected chi connectivity index (χ2v) is 5.40. The number of fused-ring (bicyclic) bond motifs is 1. The normalized spacial score (nSPS) is 22.6. The molecular formula is C17H16N2O. The van der Waals surface area contributed by atoms with Gasteiger partial charge in [-0.15, -0.1) is 0 Å². The first kappa shape index (κ1) is 12.8. The summed E-state index contributed by atoms with van der Waals surface area (Å²) in [5.41, 5.74) is 2.42. The van der Waals surface area contributed by atoms with E-state index in [1.807, 2.05) is 18.2 Å². The number of rotatable bonds is 2. The number of nitrogens with zero attached hydrogens (tertiary/aromatic N) is 2. The van der Waals surface area contributed by atoms with Gasteiger partial charge in [0.1, 0.15) is 0 Å². The van der Waals surface area contributed by atoms with Crippen molar-refractivity contribution in [2.45, 2.75) is 25.4 Å². The number of hydrogen-bond acceptors (Lipinski definition) is 3. The second kappa shape index (κ2) is 5.07. The molecular weight excluding hydrogens is 248 g/mol. The molecule has 0 saturated carbocycles. The first-order chi connectivity index (χ1) is 9.75. The summed E-state index contributed by atoms with van der Waals surface area (Å²) in [5, 5.41) is 20.3. The molecule has 3 heteroatoms. The quantitative estimate of drug-likeness (QED) is 0.907. The van der Waals surface area contributed by atoms with Crippen LogP contribution in [0.4, 0.5) is 0 Å². The van der Waals surface area contributed by atoms with Crippen LogP contribution in [0.2, 0.25) is 0 Å². The van der Waals surface area contributed by atoms with E-state index in [1.54, 1.807) is 18.5 Å². The van der Waals surface area contributed by atoms with Crippen LogP contribution in [-0.4, -0.2) is 10.1 Å². The van der Waals surface area contributed by atoms with Crippen molar-refractivity contribution >= 4 is 0 Å². The smallest absolute Gasteiger partial charge is 0.0994 e. The van der Waals surface area contributed by atoms with Crippen molar-refractivity contribution in [1.29, 1.82) is 5.26 Å². The number of aromatic nitrogens is 1. The highest BCUT2D eigenvalue weighted by Crippen LogP contribution is 2.44. The maximum atomic E-state index is 10.7. The zero-order chi connectivity index (χ0) is 14.0. The number of nitriles is 1. The lowest BCUT2D eigenvalue weighted by Crippen LogP contribution is -2.34. The molecule has 1 aromatic heterocycles. The molecule has 20 heavy (non-hydrogen) atoms. The van der Waals surface area contributed by atoms with Gasteiger partial charge in [-0.2, -0.15) is 5.26 Å². The Bertz CT molecular complexity index is 648. The topological polar surface area (TPSA) is 56.9 Å². The minimum Gasteiger partial charge on any atom is -0.387 e. The predicted octanol–water partition coefficient (Wildman–Crippen LogP) is 2.81. The molecule has 0 bridgehead atoms. The van der Waals surface area contributed by atoms with E-state index in [9.17, 15) is 10.4 Å². The molecule has 1 heterocycles. The van der Waals surface area contributed by atoms with Gasteiger partial charge in [0, 0.05) is 18.0 Å². The van der Waals surface area contributed by atoms with Crippen molar-refractivity contribution in [3.63, 3.8) is 0 Å². The average Bonchev–Trinajstić information content (AvgIpc) is 2.54. The van der Waals surface area contributed by atoms with Crippen LogP contribution in [0.3, 0.4) is 0 Å². The van der Waals surface area contributed by atoms with Crippen molar-refractivity contribution in [1.82, 2.24) is 4.98 Å². The maximum Gasteiger partial charge on any atom is 0.0994 e. The highest BCUT2D eigenvalue weighted by Gasteiger charge is 2.42. The lowest BCUT2D eigenvalue weighted by Gasteiger charge is -2.36. The molecule has 1 N–H and O–H groups in total. The highest BCUT2D eigenvalue weighted by molar-refractivity contribution is 5.35. The molecule has 2 aromatic rings. The van der Waals surface area contributed by atoms with Gasteiger partial charge in [0.15, 0.2) is 0 Å². The molecule has 0 aliphatic heterocycles. The van der Waals surface area contributed by atoms with E-state index in [4.69, 9.17) is 0 Å². The third-order valence-electron chi connectivity index (χ3n) is 4.21.